The summed E-state index contributed by atoms with van der Waals surface area (Å²) in [6.45, 7) is 4.34. The third-order valence-corrected chi connectivity index (χ3v) is 2.90. The smallest absolute Gasteiger partial charge is 0.162 e. The Labute approximate surface area is 101 Å². The molecule has 0 aliphatic carbocycles. The van der Waals surface area contributed by atoms with Crippen molar-refractivity contribution < 1.29 is 9.47 Å². The lowest BCUT2D eigenvalue weighted by Crippen LogP contribution is -1.95. The van der Waals surface area contributed by atoms with Crippen molar-refractivity contribution >= 4 is 10.9 Å². The molecule has 0 fully saturated rings. The average molecular weight is 231 g/mol. The van der Waals surface area contributed by atoms with Crippen molar-refractivity contribution in [3.63, 3.8) is 0 Å². The first kappa shape index (κ1) is 11.7. The second-order valence-electron chi connectivity index (χ2n) is 4.28. The van der Waals surface area contributed by atoms with E-state index in [0.717, 1.165) is 16.7 Å². The van der Waals surface area contributed by atoms with Crippen molar-refractivity contribution in [3.8, 4) is 11.5 Å². The molecule has 0 aliphatic heterocycles. The largest absolute Gasteiger partial charge is 0.493 e. The topological polar surface area (TPSA) is 31.4 Å². The molecule has 1 aromatic carbocycles. The van der Waals surface area contributed by atoms with Gasteiger partial charge in [0.25, 0.3) is 0 Å². The molecule has 17 heavy (non-hydrogen) atoms. The van der Waals surface area contributed by atoms with Gasteiger partial charge in [0, 0.05) is 17.6 Å². The maximum Gasteiger partial charge on any atom is 0.162 e. The summed E-state index contributed by atoms with van der Waals surface area (Å²) in [4.78, 5) is 4.37. The molecule has 0 saturated carbocycles. The van der Waals surface area contributed by atoms with Gasteiger partial charge in [-0.05, 0) is 23.6 Å². The van der Waals surface area contributed by atoms with Gasteiger partial charge in [-0.25, -0.2) is 0 Å². The maximum atomic E-state index is 5.33. The predicted octanol–water partition coefficient (Wildman–Crippen LogP) is 3.38. The van der Waals surface area contributed by atoms with Crippen molar-refractivity contribution in [2.24, 2.45) is 0 Å². The molecular weight excluding hydrogens is 214 g/mol. The second-order valence-corrected chi connectivity index (χ2v) is 4.28. The summed E-state index contributed by atoms with van der Waals surface area (Å²) < 4.78 is 10.6. The molecule has 3 heteroatoms. The molecule has 0 aliphatic rings. The van der Waals surface area contributed by atoms with E-state index in [0.29, 0.717) is 11.7 Å². The van der Waals surface area contributed by atoms with Crippen LogP contribution in [0.15, 0.2) is 24.4 Å². The number of ether oxygens (including phenoxy) is 2. The quantitative estimate of drug-likeness (QED) is 0.811. The first-order valence-corrected chi connectivity index (χ1v) is 5.68. The molecule has 1 aromatic heterocycles. The van der Waals surface area contributed by atoms with Crippen LogP contribution in [0.2, 0.25) is 0 Å². The Kier molecular flexibility index (Phi) is 3.18. The SMILES string of the molecule is COc1cc2nccc(C(C)C)c2cc1OC. The molecule has 0 spiro atoms. The highest BCUT2D eigenvalue weighted by atomic mass is 16.5. The minimum atomic E-state index is 0.457. The number of pyridine rings is 1. The number of aromatic nitrogens is 1. The van der Waals surface area contributed by atoms with Crippen LogP contribution in [0, 0.1) is 0 Å². The van der Waals surface area contributed by atoms with Crippen LogP contribution in [0.25, 0.3) is 10.9 Å². The van der Waals surface area contributed by atoms with Crippen LogP contribution in [0.4, 0.5) is 0 Å². The van der Waals surface area contributed by atoms with Crippen LogP contribution in [0.5, 0.6) is 11.5 Å². The van der Waals surface area contributed by atoms with Crippen LogP contribution in [0.1, 0.15) is 25.3 Å². The molecule has 1 heterocycles. The van der Waals surface area contributed by atoms with Gasteiger partial charge >= 0.3 is 0 Å². The van der Waals surface area contributed by atoms with Crippen LogP contribution in [-0.2, 0) is 0 Å². The fraction of sp³-hybridized carbons (Fsp3) is 0.357. The van der Waals surface area contributed by atoms with Gasteiger partial charge in [-0.1, -0.05) is 13.8 Å². The lowest BCUT2D eigenvalue weighted by atomic mass is 9.99. The molecule has 90 valence electrons. The van der Waals surface area contributed by atoms with Gasteiger partial charge < -0.3 is 9.47 Å². The van der Waals surface area contributed by atoms with E-state index in [1.165, 1.54) is 5.56 Å². The summed E-state index contributed by atoms with van der Waals surface area (Å²) in [7, 11) is 3.28. The van der Waals surface area contributed by atoms with Crippen molar-refractivity contribution in [1.29, 1.82) is 0 Å². The second kappa shape index (κ2) is 4.62. The summed E-state index contributed by atoms with van der Waals surface area (Å²) in [6, 6.07) is 5.97. The van der Waals surface area contributed by atoms with Crippen molar-refractivity contribution in [1.82, 2.24) is 4.98 Å². The van der Waals surface area contributed by atoms with Crippen LogP contribution < -0.4 is 9.47 Å². The molecular formula is C14H17NO2. The Bertz CT molecular complexity index is 535. The Balaban J connectivity index is 2.73. The number of benzene rings is 1. The minimum absolute atomic E-state index is 0.457. The number of methoxy groups -OCH3 is 2. The first-order valence-electron chi connectivity index (χ1n) is 5.68. The third kappa shape index (κ3) is 2.05. The van der Waals surface area contributed by atoms with Crippen molar-refractivity contribution in [3.05, 3.63) is 30.0 Å². The Hall–Kier alpha value is -1.77. The van der Waals surface area contributed by atoms with E-state index in [2.05, 4.69) is 24.9 Å². The van der Waals surface area contributed by atoms with E-state index >= 15 is 0 Å². The summed E-state index contributed by atoms with van der Waals surface area (Å²) in [5, 5.41) is 1.13. The fourth-order valence-corrected chi connectivity index (χ4v) is 2.00. The number of rotatable bonds is 3. The average Bonchev–Trinajstić information content (AvgIpc) is 2.35. The number of nitrogens with zero attached hydrogens (tertiary/aromatic N) is 1. The molecule has 0 unspecified atom stereocenters. The molecule has 2 rings (SSSR count). The Morgan fingerprint density at radius 1 is 1.06 bits per heavy atom. The molecule has 0 amide bonds. The number of fused-ring (bicyclic) bond motifs is 1. The zero-order valence-corrected chi connectivity index (χ0v) is 10.7. The van der Waals surface area contributed by atoms with E-state index < -0.39 is 0 Å². The normalized spacial score (nSPS) is 10.9. The molecule has 0 saturated heterocycles. The molecule has 0 N–H and O–H groups in total. The van der Waals surface area contributed by atoms with E-state index in [9.17, 15) is 0 Å². The maximum absolute atomic E-state index is 5.33. The zero-order valence-electron chi connectivity index (χ0n) is 10.7. The fourth-order valence-electron chi connectivity index (χ4n) is 2.00. The Morgan fingerprint density at radius 2 is 1.71 bits per heavy atom. The van der Waals surface area contributed by atoms with Gasteiger partial charge in [0.2, 0.25) is 0 Å². The number of hydrogen-bond acceptors (Lipinski definition) is 3. The third-order valence-electron chi connectivity index (χ3n) is 2.90. The van der Waals surface area contributed by atoms with Gasteiger partial charge in [-0.3, -0.25) is 4.98 Å². The summed E-state index contributed by atoms with van der Waals surface area (Å²) in [6.07, 6.45) is 1.84. The summed E-state index contributed by atoms with van der Waals surface area (Å²) in [5.41, 5.74) is 2.21. The van der Waals surface area contributed by atoms with Gasteiger partial charge in [-0.15, -0.1) is 0 Å². The lowest BCUT2D eigenvalue weighted by molar-refractivity contribution is 0.355. The zero-order chi connectivity index (χ0) is 12.4. The monoisotopic (exact) mass is 231 g/mol. The number of hydrogen-bond donors (Lipinski definition) is 0. The lowest BCUT2D eigenvalue weighted by Gasteiger charge is -2.13. The van der Waals surface area contributed by atoms with E-state index in [-0.39, 0.29) is 0 Å². The Morgan fingerprint density at radius 3 is 2.29 bits per heavy atom. The highest BCUT2D eigenvalue weighted by Gasteiger charge is 2.11. The molecule has 3 nitrogen and oxygen atoms in total. The first-order chi connectivity index (χ1) is 8.17. The van der Waals surface area contributed by atoms with Crippen LogP contribution >= 0.6 is 0 Å². The molecule has 0 bridgehead atoms. The summed E-state index contributed by atoms with van der Waals surface area (Å²) >= 11 is 0. The van der Waals surface area contributed by atoms with Gasteiger partial charge in [-0.2, -0.15) is 0 Å². The summed E-state index contributed by atoms with van der Waals surface area (Å²) in [5.74, 6) is 1.92. The van der Waals surface area contributed by atoms with Gasteiger partial charge in [0.05, 0.1) is 19.7 Å². The van der Waals surface area contributed by atoms with E-state index in [4.69, 9.17) is 9.47 Å². The molecule has 2 aromatic rings. The molecule has 0 radical (unpaired) electrons. The van der Waals surface area contributed by atoms with E-state index in [1.54, 1.807) is 14.2 Å². The predicted molar refractivity (Wildman–Crippen MR) is 68.9 cm³/mol. The minimum Gasteiger partial charge on any atom is -0.493 e. The van der Waals surface area contributed by atoms with Crippen LogP contribution in [0.3, 0.4) is 0 Å². The highest BCUT2D eigenvalue weighted by molar-refractivity contribution is 5.86. The van der Waals surface area contributed by atoms with Crippen molar-refractivity contribution in [2.75, 3.05) is 14.2 Å². The van der Waals surface area contributed by atoms with Gasteiger partial charge in [0.1, 0.15) is 0 Å². The van der Waals surface area contributed by atoms with Crippen LogP contribution in [-0.4, -0.2) is 19.2 Å². The van der Waals surface area contributed by atoms with E-state index in [1.807, 2.05) is 18.3 Å². The van der Waals surface area contributed by atoms with Crippen molar-refractivity contribution in [2.45, 2.75) is 19.8 Å². The standard InChI is InChI=1S/C14H17NO2/c1-9(2)10-5-6-15-12-8-14(17-4)13(16-3)7-11(10)12/h5-9H,1-4H3. The van der Waals surface area contributed by atoms with Gasteiger partial charge in [0.15, 0.2) is 11.5 Å². The molecule has 0 atom stereocenters. The highest BCUT2D eigenvalue weighted by Crippen LogP contribution is 2.34.